The second kappa shape index (κ2) is 5.58. The number of imidazole rings is 1. The van der Waals surface area contributed by atoms with Gasteiger partial charge in [0, 0.05) is 24.5 Å². The third kappa shape index (κ3) is 3.23. The Bertz CT molecular complexity index is 761. The molecule has 0 bridgehead atoms. The molecule has 0 spiro atoms. The van der Waals surface area contributed by atoms with E-state index in [9.17, 15) is 22.9 Å². The predicted molar refractivity (Wildman–Crippen MR) is 70.4 cm³/mol. The first kappa shape index (κ1) is 15.1. The summed E-state index contributed by atoms with van der Waals surface area (Å²) in [4.78, 5) is 15.7. The van der Waals surface area contributed by atoms with Crippen molar-refractivity contribution in [1.29, 1.82) is 0 Å². The van der Waals surface area contributed by atoms with Crippen molar-refractivity contribution in [2.45, 2.75) is 17.9 Å². The van der Waals surface area contributed by atoms with Crippen molar-refractivity contribution in [3.8, 4) is 0 Å². The molecule has 1 heterocycles. The van der Waals surface area contributed by atoms with E-state index in [0.29, 0.717) is 11.9 Å². The molecule has 21 heavy (non-hydrogen) atoms. The number of hydrogen-bond donors (Lipinski definition) is 2. The van der Waals surface area contributed by atoms with Gasteiger partial charge < -0.3 is 4.98 Å². The Kier molecular flexibility index (Phi) is 4.00. The number of non-ortho nitro benzene ring substituents is 1. The van der Waals surface area contributed by atoms with Crippen LogP contribution in [-0.2, 0) is 10.0 Å². The van der Waals surface area contributed by atoms with Crippen molar-refractivity contribution in [2.24, 2.45) is 0 Å². The van der Waals surface area contributed by atoms with E-state index >= 15 is 0 Å². The lowest BCUT2D eigenvalue weighted by Gasteiger charge is -2.12. The summed E-state index contributed by atoms with van der Waals surface area (Å²) in [5.41, 5.74) is -0.512. The lowest BCUT2D eigenvalue weighted by molar-refractivity contribution is -0.385. The Morgan fingerprint density at radius 1 is 1.48 bits per heavy atom. The highest BCUT2D eigenvalue weighted by Crippen LogP contribution is 2.22. The molecular formula is C11H11FN4O4S. The van der Waals surface area contributed by atoms with Gasteiger partial charge in [-0.2, -0.15) is 0 Å². The molecule has 1 atom stereocenters. The van der Waals surface area contributed by atoms with E-state index < -0.39 is 37.4 Å². The van der Waals surface area contributed by atoms with Gasteiger partial charge in [-0.3, -0.25) is 10.1 Å². The maximum atomic E-state index is 13.7. The minimum Gasteiger partial charge on any atom is -0.347 e. The zero-order chi connectivity index (χ0) is 15.6. The molecule has 0 fully saturated rings. The molecule has 0 aliphatic rings. The van der Waals surface area contributed by atoms with E-state index in [1.807, 2.05) is 0 Å². The Hall–Kier alpha value is -2.33. The van der Waals surface area contributed by atoms with Crippen LogP contribution in [0.3, 0.4) is 0 Å². The largest absolute Gasteiger partial charge is 0.347 e. The second-order valence-corrected chi connectivity index (χ2v) is 5.87. The van der Waals surface area contributed by atoms with Crippen LogP contribution in [0, 0.1) is 15.9 Å². The molecule has 0 saturated carbocycles. The fourth-order valence-corrected chi connectivity index (χ4v) is 2.98. The zero-order valence-electron chi connectivity index (χ0n) is 10.8. The van der Waals surface area contributed by atoms with Crippen molar-refractivity contribution in [3.05, 3.63) is 52.3 Å². The minimum absolute atomic E-state index is 0.337. The van der Waals surface area contributed by atoms with Crippen LogP contribution in [0.1, 0.15) is 18.8 Å². The molecule has 2 N–H and O–H groups in total. The Labute approximate surface area is 119 Å². The SMILES string of the molecule is CC(NS(=O)(=O)c1cc([N+](=O)[O-])ccc1F)c1ncc[nH]1. The first-order valence-electron chi connectivity index (χ1n) is 5.77. The molecule has 0 aliphatic carbocycles. The smallest absolute Gasteiger partial charge is 0.270 e. The highest BCUT2D eigenvalue weighted by Gasteiger charge is 2.25. The molecule has 0 saturated heterocycles. The van der Waals surface area contributed by atoms with Gasteiger partial charge in [0.05, 0.1) is 11.0 Å². The van der Waals surface area contributed by atoms with Gasteiger partial charge in [-0.05, 0) is 13.0 Å². The maximum Gasteiger partial charge on any atom is 0.270 e. The molecule has 1 aromatic heterocycles. The maximum absolute atomic E-state index is 13.7. The van der Waals surface area contributed by atoms with Crippen molar-refractivity contribution >= 4 is 15.7 Å². The lowest BCUT2D eigenvalue weighted by Crippen LogP contribution is -2.28. The molecular weight excluding hydrogens is 303 g/mol. The number of hydrogen-bond acceptors (Lipinski definition) is 5. The number of aromatic amines is 1. The van der Waals surface area contributed by atoms with Gasteiger partial charge >= 0.3 is 0 Å². The minimum atomic E-state index is -4.26. The molecule has 2 rings (SSSR count). The number of aromatic nitrogens is 2. The highest BCUT2D eigenvalue weighted by molar-refractivity contribution is 7.89. The van der Waals surface area contributed by atoms with Gasteiger partial charge in [-0.1, -0.05) is 0 Å². The van der Waals surface area contributed by atoms with Crippen LogP contribution in [0.15, 0.2) is 35.5 Å². The van der Waals surface area contributed by atoms with Crippen molar-refractivity contribution in [1.82, 2.24) is 14.7 Å². The molecule has 112 valence electrons. The van der Waals surface area contributed by atoms with Gasteiger partial charge in [0.1, 0.15) is 16.5 Å². The lowest BCUT2D eigenvalue weighted by atomic mass is 10.3. The van der Waals surface area contributed by atoms with Crippen molar-refractivity contribution in [3.63, 3.8) is 0 Å². The summed E-state index contributed by atoms with van der Waals surface area (Å²) < 4.78 is 40.1. The summed E-state index contributed by atoms with van der Waals surface area (Å²) >= 11 is 0. The van der Waals surface area contributed by atoms with E-state index in [1.165, 1.54) is 19.3 Å². The summed E-state index contributed by atoms with van der Waals surface area (Å²) in [6.45, 7) is 1.51. The van der Waals surface area contributed by atoms with Gasteiger partial charge in [-0.25, -0.2) is 22.5 Å². The first-order valence-corrected chi connectivity index (χ1v) is 7.25. The van der Waals surface area contributed by atoms with Gasteiger partial charge in [0.2, 0.25) is 10.0 Å². The summed E-state index contributed by atoms with van der Waals surface area (Å²) in [6, 6.07) is 1.56. The fourth-order valence-electron chi connectivity index (χ4n) is 1.68. The Morgan fingerprint density at radius 2 is 2.19 bits per heavy atom. The number of nitrogens with one attached hydrogen (secondary N) is 2. The molecule has 1 unspecified atom stereocenters. The van der Waals surface area contributed by atoms with E-state index in [1.54, 1.807) is 0 Å². The van der Waals surface area contributed by atoms with E-state index in [2.05, 4.69) is 14.7 Å². The van der Waals surface area contributed by atoms with Gasteiger partial charge in [-0.15, -0.1) is 0 Å². The Balaban J connectivity index is 2.35. The summed E-state index contributed by atoms with van der Waals surface area (Å²) in [5.74, 6) is -0.732. The van der Waals surface area contributed by atoms with E-state index in [4.69, 9.17) is 0 Å². The molecule has 0 radical (unpaired) electrons. The average molecular weight is 314 g/mol. The quantitative estimate of drug-likeness (QED) is 0.640. The fraction of sp³-hybridized carbons (Fsp3) is 0.182. The number of benzene rings is 1. The van der Waals surface area contributed by atoms with Crippen LogP contribution in [0.25, 0.3) is 0 Å². The molecule has 0 amide bonds. The number of nitro benzene ring substituents is 1. The van der Waals surface area contributed by atoms with Crippen molar-refractivity contribution < 1.29 is 17.7 Å². The summed E-state index contributed by atoms with van der Waals surface area (Å²) in [7, 11) is -4.26. The molecule has 0 aliphatic heterocycles. The van der Waals surface area contributed by atoms with Crippen molar-refractivity contribution in [2.75, 3.05) is 0 Å². The zero-order valence-corrected chi connectivity index (χ0v) is 11.6. The van der Waals surface area contributed by atoms with Gasteiger partial charge in [0.25, 0.3) is 5.69 Å². The third-order valence-corrected chi connectivity index (χ3v) is 4.23. The predicted octanol–water partition coefficient (Wildman–Crippen LogP) is 1.50. The van der Waals surface area contributed by atoms with Crippen LogP contribution in [0.2, 0.25) is 0 Å². The average Bonchev–Trinajstić information content (AvgIpc) is 2.92. The summed E-state index contributed by atoms with van der Waals surface area (Å²) in [5, 5.41) is 10.7. The highest BCUT2D eigenvalue weighted by atomic mass is 32.2. The van der Waals surface area contributed by atoms with E-state index in [0.717, 1.165) is 12.1 Å². The number of sulfonamides is 1. The third-order valence-electron chi connectivity index (χ3n) is 2.68. The monoisotopic (exact) mass is 314 g/mol. The van der Waals surface area contributed by atoms with Gasteiger partial charge in [0.15, 0.2) is 0 Å². The summed E-state index contributed by atoms with van der Waals surface area (Å²) in [6.07, 6.45) is 2.95. The van der Waals surface area contributed by atoms with Crippen LogP contribution in [-0.4, -0.2) is 23.3 Å². The second-order valence-electron chi connectivity index (χ2n) is 4.19. The standard InChI is InChI=1S/C11H11FN4O4S/c1-7(11-13-4-5-14-11)15-21(19,20)10-6-8(16(17)18)2-3-9(10)12/h2-7,15H,1H3,(H,13,14). The first-order chi connectivity index (χ1) is 9.81. The molecule has 10 heteroatoms. The number of nitro groups is 1. The number of halogens is 1. The van der Waals surface area contributed by atoms with Crippen LogP contribution >= 0.6 is 0 Å². The Morgan fingerprint density at radius 3 is 2.76 bits per heavy atom. The molecule has 1 aromatic carbocycles. The molecule has 8 nitrogen and oxygen atoms in total. The number of nitrogens with zero attached hydrogens (tertiary/aromatic N) is 2. The normalized spacial score (nSPS) is 13.0. The van der Waals surface area contributed by atoms with Crippen LogP contribution in [0.5, 0.6) is 0 Å². The number of rotatable bonds is 5. The number of H-pyrrole nitrogens is 1. The molecule has 2 aromatic rings. The van der Waals surface area contributed by atoms with E-state index in [-0.39, 0.29) is 0 Å². The van der Waals surface area contributed by atoms with Crippen LogP contribution in [0.4, 0.5) is 10.1 Å². The topological polar surface area (TPSA) is 118 Å². The van der Waals surface area contributed by atoms with Crippen LogP contribution < -0.4 is 4.72 Å².